The molecule has 23 heavy (non-hydrogen) atoms. The molecular weight excluding hydrogens is 292 g/mol. The number of carbonyl (C=O) groups is 1. The van der Waals surface area contributed by atoms with E-state index in [9.17, 15) is 4.79 Å². The smallest absolute Gasteiger partial charge is 0.359 e. The van der Waals surface area contributed by atoms with Gasteiger partial charge in [0, 0.05) is 24.1 Å². The van der Waals surface area contributed by atoms with Gasteiger partial charge in [-0.1, -0.05) is 0 Å². The average Bonchev–Trinajstić information content (AvgIpc) is 3.36. The lowest BCUT2D eigenvalue weighted by molar-refractivity contribution is 0.0000910. The Hall–Kier alpha value is -1.36. The molecule has 1 aliphatic heterocycles. The van der Waals surface area contributed by atoms with Gasteiger partial charge in [0.15, 0.2) is 5.69 Å². The van der Waals surface area contributed by atoms with Crippen molar-refractivity contribution in [2.75, 3.05) is 13.2 Å². The monoisotopic (exact) mass is 318 g/mol. The first-order valence-corrected chi connectivity index (χ1v) is 8.81. The topological polar surface area (TPSA) is 53.4 Å². The van der Waals surface area contributed by atoms with Crippen LogP contribution in [0, 0.1) is 5.92 Å². The summed E-state index contributed by atoms with van der Waals surface area (Å²) in [5, 5.41) is 4.59. The zero-order valence-electron chi connectivity index (χ0n) is 14.3. The first-order chi connectivity index (χ1) is 10.9. The molecule has 0 amide bonds. The van der Waals surface area contributed by atoms with E-state index in [0.29, 0.717) is 17.5 Å². The van der Waals surface area contributed by atoms with Gasteiger partial charge in [-0.2, -0.15) is 5.10 Å². The molecule has 3 aliphatic rings. The van der Waals surface area contributed by atoms with Crippen LogP contribution in [-0.4, -0.2) is 34.6 Å². The molecule has 5 nitrogen and oxygen atoms in total. The molecule has 1 aromatic rings. The molecule has 0 spiro atoms. The summed E-state index contributed by atoms with van der Waals surface area (Å²) >= 11 is 0. The fourth-order valence-electron chi connectivity index (χ4n) is 3.61. The van der Waals surface area contributed by atoms with Crippen LogP contribution in [0.5, 0.6) is 0 Å². The second-order valence-electron chi connectivity index (χ2n) is 8.33. The van der Waals surface area contributed by atoms with Gasteiger partial charge in [0.2, 0.25) is 0 Å². The van der Waals surface area contributed by atoms with Crippen LogP contribution >= 0.6 is 0 Å². The number of nitrogens with zero attached hydrogens (tertiary/aromatic N) is 2. The van der Waals surface area contributed by atoms with Gasteiger partial charge in [-0.05, 0) is 58.9 Å². The summed E-state index contributed by atoms with van der Waals surface area (Å²) in [7, 11) is 0. The van der Waals surface area contributed by atoms with Crippen LogP contribution in [-0.2, 0) is 15.0 Å². The SMILES string of the molecule is CC(C)(C)n1nc(C(=O)OC2([C@H]3CCOC3)CC2)cc1C1CC1. The maximum atomic E-state index is 12.7. The summed E-state index contributed by atoms with van der Waals surface area (Å²) < 4.78 is 13.4. The average molecular weight is 318 g/mol. The van der Waals surface area contributed by atoms with Crippen molar-refractivity contribution in [2.24, 2.45) is 5.92 Å². The van der Waals surface area contributed by atoms with E-state index in [1.807, 2.05) is 10.7 Å². The first-order valence-electron chi connectivity index (χ1n) is 8.81. The van der Waals surface area contributed by atoms with Crippen LogP contribution in [0.2, 0.25) is 0 Å². The molecule has 5 heteroatoms. The molecule has 126 valence electrons. The first kappa shape index (κ1) is 15.2. The molecule has 1 atom stereocenters. The van der Waals surface area contributed by atoms with Gasteiger partial charge >= 0.3 is 5.97 Å². The van der Waals surface area contributed by atoms with Crippen molar-refractivity contribution in [3.63, 3.8) is 0 Å². The van der Waals surface area contributed by atoms with Gasteiger partial charge in [0.25, 0.3) is 0 Å². The highest BCUT2D eigenvalue weighted by Gasteiger charge is 2.54. The highest BCUT2D eigenvalue weighted by Crippen LogP contribution is 2.49. The second-order valence-corrected chi connectivity index (χ2v) is 8.33. The van der Waals surface area contributed by atoms with Gasteiger partial charge < -0.3 is 9.47 Å². The molecule has 2 saturated carbocycles. The normalized spacial score (nSPS) is 26.3. The Bertz CT molecular complexity index is 615. The van der Waals surface area contributed by atoms with E-state index in [1.165, 1.54) is 18.5 Å². The van der Waals surface area contributed by atoms with Crippen LogP contribution in [0.3, 0.4) is 0 Å². The predicted octanol–water partition coefficient (Wildman–Crippen LogP) is 3.24. The van der Waals surface area contributed by atoms with E-state index in [2.05, 4.69) is 25.9 Å². The van der Waals surface area contributed by atoms with Crippen molar-refractivity contribution in [1.29, 1.82) is 0 Å². The summed E-state index contributed by atoms with van der Waals surface area (Å²) in [6, 6.07) is 1.95. The molecular formula is C18H26N2O3. The van der Waals surface area contributed by atoms with Gasteiger partial charge in [-0.25, -0.2) is 4.79 Å². The standard InChI is InChI=1S/C18H26N2O3/c1-17(2,3)20-15(12-4-5-12)10-14(19-20)16(21)23-18(7-8-18)13-6-9-22-11-13/h10,12-13H,4-9,11H2,1-3H3/t13-/m0/s1. The summed E-state index contributed by atoms with van der Waals surface area (Å²) in [5.41, 5.74) is 1.25. The highest BCUT2D eigenvalue weighted by atomic mass is 16.6. The van der Waals surface area contributed by atoms with E-state index in [-0.39, 0.29) is 17.1 Å². The molecule has 0 N–H and O–H groups in total. The molecule has 3 fully saturated rings. The van der Waals surface area contributed by atoms with Gasteiger partial charge in [0.05, 0.1) is 12.1 Å². The van der Waals surface area contributed by atoms with Crippen molar-refractivity contribution in [1.82, 2.24) is 9.78 Å². The number of hydrogen-bond donors (Lipinski definition) is 0. The number of rotatable bonds is 4. The number of carbonyl (C=O) groups excluding carboxylic acids is 1. The van der Waals surface area contributed by atoms with Crippen molar-refractivity contribution >= 4 is 5.97 Å². The molecule has 0 aromatic carbocycles. The maximum absolute atomic E-state index is 12.7. The fourth-order valence-corrected chi connectivity index (χ4v) is 3.61. The number of hydrogen-bond acceptors (Lipinski definition) is 4. The zero-order chi connectivity index (χ0) is 16.2. The number of aromatic nitrogens is 2. The van der Waals surface area contributed by atoms with Crippen LogP contribution in [0.25, 0.3) is 0 Å². The van der Waals surface area contributed by atoms with E-state index >= 15 is 0 Å². The summed E-state index contributed by atoms with van der Waals surface area (Å²) in [4.78, 5) is 12.7. The van der Waals surface area contributed by atoms with E-state index in [0.717, 1.165) is 32.5 Å². The summed E-state index contributed by atoms with van der Waals surface area (Å²) in [6.07, 6.45) is 5.31. The Balaban J connectivity index is 1.54. The summed E-state index contributed by atoms with van der Waals surface area (Å²) in [6.45, 7) is 7.88. The zero-order valence-corrected chi connectivity index (χ0v) is 14.3. The highest BCUT2D eigenvalue weighted by molar-refractivity contribution is 5.88. The van der Waals surface area contributed by atoms with Crippen LogP contribution in [0.4, 0.5) is 0 Å². The van der Waals surface area contributed by atoms with E-state index < -0.39 is 0 Å². The van der Waals surface area contributed by atoms with E-state index in [1.54, 1.807) is 0 Å². The largest absolute Gasteiger partial charge is 0.454 e. The fraction of sp³-hybridized carbons (Fsp3) is 0.778. The third-order valence-electron chi connectivity index (χ3n) is 5.29. The minimum Gasteiger partial charge on any atom is -0.454 e. The number of ether oxygens (including phenoxy) is 2. The van der Waals surface area contributed by atoms with Crippen LogP contribution in [0.15, 0.2) is 6.07 Å². The van der Waals surface area contributed by atoms with Crippen molar-refractivity contribution in [3.8, 4) is 0 Å². The number of esters is 1. The lowest BCUT2D eigenvalue weighted by atomic mass is 9.99. The lowest BCUT2D eigenvalue weighted by Crippen LogP contribution is -2.30. The van der Waals surface area contributed by atoms with Crippen molar-refractivity contribution in [2.45, 2.75) is 69.9 Å². The molecule has 0 bridgehead atoms. The Morgan fingerprint density at radius 2 is 2.09 bits per heavy atom. The minimum atomic E-state index is -0.279. The van der Waals surface area contributed by atoms with Crippen LogP contribution in [0.1, 0.15) is 75.0 Å². The van der Waals surface area contributed by atoms with Crippen LogP contribution < -0.4 is 0 Å². The Labute approximate surface area is 137 Å². The molecule has 2 aliphatic carbocycles. The van der Waals surface area contributed by atoms with Gasteiger partial charge in [-0.3, -0.25) is 4.68 Å². The molecule has 4 rings (SSSR count). The van der Waals surface area contributed by atoms with Gasteiger partial charge in [-0.15, -0.1) is 0 Å². The minimum absolute atomic E-state index is 0.118. The Morgan fingerprint density at radius 3 is 2.61 bits per heavy atom. The lowest BCUT2D eigenvalue weighted by Gasteiger charge is -2.22. The molecule has 1 saturated heterocycles. The molecule has 1 aromatic heterocycles. The Morgan fingerprint density at radius 1 is 1.35 bits per heavy atom. The second kappa shape index (κ2) is 5.07. The molecule has 0 radical (unpaired) electrons. The predicted molar refractivity (Wildman–Crippen MR) is 85.5 cm³/mol. The summed E-state index contributed by atoms with van der Waals surface area (Å²) in [5.74, 6) is 0.653. The molecule has 0 unspecified atom stereocenters. The Kier molecular flexibility index (Phi) is 3.34. The molecule has 2 heterocycles. The third kappa shape index (κ3) is 2.80. The van der Waals surface area contributed by atoms with Crippen molar-refractivity contribution < 1.29 is 14.3 Å². The quantitative estimate of drug-likeness (QED) is 0.800. The van der Waals surface area contributed by atoms with Crippen molar-refractivity contribution in [3.05, 3.63) is 17.5 Å². The van der Waals surface area contributed by atoms with E-state index in [4.69, 9.17) is 9.47 Å². The van der Waals surface area contributed by atoms with Gasteiger partial charge in [0.1, 0.15) is 5.60 Å². The third-order valence-corrected chi connectivity index (χ3v) is 5.29. The maximum Gasteiger partial charge on any atom is 0.359 e.